The van der Waals surface area contributed by atoms with Crippen molar-refractivity contribution in [3.63, 3.8) is 0 Å². The summed E-state index contributed by atoms with van der Waals surface area (Å²) in [5.74, 6) is 0.717. The highest BCUT2D eigenvalue weighted by Gasteiger charge is 2.22. The highest BCUT2D eigenvalue weighted by atomic mass is 32.1. The van der Waals surface area contributed by atoms with Gasteiger partial charge in [0.2, 0.25) is 4.77 Å². The molecule has 0 spiro atoms. The molecule has 0 amide bonds. The smallest absolute Gasteiger partial charge is 0.202 e. The van der Waals surface area contributed by atoms with Crippen LogP contribution in [0.1, 0.15) is 5.56 Å². The van der Waals surface area contributed by atoms with Gasteiger partial charge in [0.05, 0.1) is 26.2 Å². The molecule has 1 aliphatic rings. The average Bonchev–Trinajstić information content (AvgIpc) is 2.98. The zero-order chi connectivity index (χ0) is 19.7. The second kappa shape index (κ2) is 7.85. The summed E-state index contributed by atoms with van der Waals surface area (Å²) in [6.07, 6.45) is 0. The second-order valence-corrected chi connectivity index (χ2v) is 7.72. The van der Waals surface area contributed by atoms with Gasteiger partial charge in [0.15, 0.2) is 12.5 Å². The molecule has 4 rings (SSSR count). The van der Waals surface area contributed by atoms with Gasteiger partial charge in [0.1, 0.15) is 5.82 Å². The van der Waals surface area contributed by atoms with E-state index < -0.39 is 0 Å². The van der Waals surface area contributed by atoms with Gasteiger partial charge >= 0.3 is 0 Å². The maximum Gasteiger partial charge on any atom is 0.202 e. The van der Waals surface area contributed by atoms with Gasteiger partial charge in [0, 0.05) is 18.3 Å². The molecule has 0 atom stereocenters. The van der Waals surface area contributed by atoms with Crippen LogP contribution < -0.4 is 9.80 Å². The number of nitrogens with one attached hydrogen (secondary N) is 1. The summed E-state index contributed by atoms with van der Waals surface area (Å²) in [6, 6.07) is 15.0. The quantitative estimate of drug-likeness (QED) is 0.685. The largest absolute Gasteiger partial charge is 0.360 e. The van der Waals surface area contributed by atoms with Crippen LogP contribution in [0.2, 0.25) is 0 Å². The minimum absolute atomic E-state index is 0.193. The van der Waals surface area contributed by atoms with Crippen LogP contribution >= 0.6 is 12.2 Å². The Morgan fingerprint density at radius 1 is 1.07 bits per heavy atom. The maximum atomic E-state index is 13.1. The van der Waals surface area contributed by atoms with Gasteiger partial charge in [-0.3, -0.25) is 0 Å². The molecule has 2 heterocycles. The Balaban J connectivity index is 1.46. The molecule has 1 aromatic heterocycles. The minimum atomic E-state index is -0.193. The van der Waals surface area contributed by atoms with Crippen molar-refractivity contribution in [2.24, 2.45) is 7.05 Å². The van der Waals surface area contributed by atoms with Gasteiger partial charge < -0.3 is 14.4 Å². The number of aromatic nitrogens is 3. The Hall–Kier alpha value is -2.51. The Bertz CT molecular complexity index is 1020. The summed E-state index contributed by atoms with van der Waals surface area (Å²) >= 11 is 5.64. The van der Waals surface area contributed by atoms with Crippen molar-refractivity contribution in [3.8, 4) is 11.4 Å². The van der Waals surface area contributed by atoms with Crippen LogP contribution in [-0.2, 0) is 13.7 Å². The number of anilines is 1. The molecule has 1 saturated heterocycles. The molecule has 5 nitrogen and oxygen atoms in total. The average molecular weight is 399 g/mol. The van der Waals surface area contributed by atoms with Crippen molar-refractivity contribution in [3.05, 3.63) is 64.7 Å². The minimum Gasteiger partial charge on any atom is -0.360 e. The van der Waals surface area contributed by atoms with Gasteiger partial charge in [-0.15, -0.1) is 5.10 Å². The second-order valence-electron chi connectivity index (χ2n) is 7.35. The number of hydrogen-bond acceptors (Lipinski definition) is 3. The first-order chi connectivity index (χ1) is 13.5. The molecule has 0 saturated carbocycles. The molecule has 0 unspecified atom stereocenters. The van der Waals surface area contributed by atoms with Crippen LogP contribution in [0.25, 0.3) is 11.4 Å². The number of benzene rings is 2. The first-order valence-corrected chi connectivity index (χ1v) is 9.97. The van der Waals surface area contributed by atoms with Gasteiger partial charge in [-0.25, -0.2) is 4.39 Å². The van der Waals surface area contributed by atoms with E-state index >= 15 is 0 Å². The fourth-order valence-electron chi connectivity index (χ4n) is 3.75. The summed E-state index contributed by atoms with van der Waals surface area (Å²) in [6.45, 7) is 6.72. The summed E-state index contributed by atoms with van der Waals surface area (Å²) in [5.41, 5.74) is 3.39. The summed E-state index contributed by atoms with van der Waals surface area (Å²) in [4.78, 5) is 3.75. The Kier molecular flexibility index (Phi) is 5.28. The summed E-state index contributed by atoms with van der Waals surface area (Å²) < 4.78 is 17.8. The van der Waals surface area contributed by atoms with Crippen LogP contribution in [0.5, 0.6) is 0 Å². The maximum absolute atomic E-state index is 13.1. The first kappa shape index (κ1) is 18.8. The zero-order valence-corrected chi connectivity index (χ0v) is 17.0. The predicted molar refractivity (Wildman–Crippen MR) is 112 cm³/mol. The fraction of sp³-hybridized carbons (Fsp3) is 0.333. The van der Waals surface area contributed by atoms with Crippen molar-refractivity contribution in [2.45, 2.75) is 13.6 Å². The van der Waals surface area contributed by atoms with Gasteiger partial charge in [0.25, 0.3) is 0 Å². The lowest BCUT2D eigenvalue weighted by Crippen LogP contribution is -3.14. The summed E-state index contributed by atoms with van der Waals surface area (Å²) in [7, 11) is 1.98. The van der Waals surface area contributed by atoms with E-state index in [-0.39, 0.29) is 5.82 Å². The molecular weight excluding hydrogens is 373 g/mol. The van der Waals surface area contributed by atoms with E-state index in [0.717, 1.165) is 54.7 Å². The van der Waals surface area contributed by atoms with Gasteiger partial charge in [-0.2, -0.15) is 4.68 Å². The van der Waals surface area contributed by atoms with Crippen LogP contribution in [0.15, 0.2) is 48.5 Å². The number of nitrogens with zero attached hydrogens (tertiary/aromatic N) is 4. The standard InChI is InChI=1S/C21H24FN5S/c1-16-5-3-4-6-19(16)20-23-27(21(28)24(20)2)15-25-11-13-26(14-12-25)18-9-7-17(22)8-10-18/h3-10H,11-15H2,1-2H3/p+1. The lowest BCUT2D eigenvalue weighted by atomic mass is 10.1. The highest BCUT2D eigenvalue weighted by Crippen LogP contribution is 2.21. The van der Waals surface area contributed by atoms with E-state index in [1.165, 1.54) is 22.6 Å². The molecule has 28 heavy (non-hydrogen) atoms. The summed E-state index contributed by atoms with van der Waals surface area (Å²) in [5, 5.41) is 4.82. The van der Waals surface area contributed by atoms with E-state index in [2.05, 4.69) is 24.0 Å². The Morgan fingerprint density at radius 3 is 2.43 bits per heavy atom. The molecular formula is C21H25FN5S+. The molecule has 0 radical (unpaired) electrons. The molecule has 146 valence electrons. The number of rotatable bonds is 4. The van der Waals surface area contributed by atoms with Crippen LogP contribution in [-0.4, -0.2) is 40.5 Å². The number of quaternary nitrogens is 1. The topological polar surface area (TPSA) is 30.4 Å². The number of piperazine rings is 1. The molecule has 0 bridgehead atoms. The number of aryl methyl sites for hydroxylation is 1. The SMILES string of the molecule is Cc1ccccc1-c1nn(C[NH+]2CCN(c3ccc(F)cc3)CC2)c(=S)n1C. The van der Waals surface area contributed by atoms with Crippen LogP contribution in [0.4, 0.5) is 10.1 Å². The van der Waals surface area contributed by atoms with Crippen molar-refractivity contribution in [2.75, 3.05) is 31.1 Å². The fourth-order valence-corrected chi connectivity index (χ4v) is 3.94. The van der Waals surface area contributed by atoms with Gasteiger partial charge in [-0.1, -0.05) is 24.3 Å². The molecule has 2 aromatic carbocycles. The number of halogens is 1. The van der Waals surface area contributed by atoms with Crippen molar-refractivity contribution in [1.82, 2.24) is 14.3 Å². The van der Waals surface area contributed by atoms with Crippen molar-refractivity contribution >= 4 is 17.9 Å². The van der Waals surface area contributed by atoms with E-state index in [4.69, 9.17) is 17.3 Å². The third-order valence-corrected chi connectivity index (χ3v) is 5.95. The third kappa shape index (κ3) is 3.72. The normalized spacial score (nSPS) is 15.2. The molecule has 1 fully saturated rings. The van der Waals surface area contributed by atoms with E-state index in [9.17, 15) is 4.39 Å². The Labute approximate surface area is 169 Å². The predicted octanol–water partition coefficient (Wildman–Crippen LogP) is 2.43. The molecule has 0 aliphatic carbocycles. The first-order valence-electron chi connectivity index (χ1n) is 9.57. The van der Waals surface area contributed by atoms with Crippen molar-refractivity contribution in [1.29, 1.82) is 0 Å². The zero-order valence-electron chi connectivity index (χ0n) is 16.2. The lowest BCUT2D eigenvalue weighted by Gasteiger charge is -2.33. The van der Waals surface area contributed by atoms with Crippen LogP contribution in [0, 0.1) is 17.5 Å². The Morgan fingerprint density at radius 2 is 1.75 bits per heavy atom. The van der Waals surface area contributed by atoms with Gasteiger partial charge in [-0.05, 0) is 49.0 Å². The highest BCUT2D eigenvalue weighted by molar-refractivity contribution is 7.71. The third-order valence-electron chi connectivity index (χ3n) is 5.46. The molecule has 1 N–H and O–H groups in total. The van der Waals surface area contributed by atoms with E-state index in [1.807, 2.05) is 40.6 Å². The monoisotopic (exact) mass is 398 g/mol. The van der Waals surface area contributed by atoms with E-state index in [1.54, 1.807) is 0 Å². The van der Waals surface area contributed by atoms with Crippen LogP contribution in [0.3, 0.4) is 0 Å². The molecule has 7 heteroatoms. The molecule has 3 aromatic rings. The number of hydrogen-bond donors (Lipinski definition) is 1. The van der Waals surface area contributed by atoms with E-state index in [0.29, 0.717) is 0 Å². The van der Waals surface area contributed by atoms with Crippen molar-refractivity contribution < 1.29 is 9.29 Å². The molecule has 1 aliphatic heterocycles. The lowest BCUT2D eigenvalue weighted by molar-refractivity contribution is -0.924.